The van der Waals surface area contributed by atoms with E-state index in [1.807, 2.05) is 37.3 Å². The molecule has 2 rings (SSSR count). The maximum absolute atomic E-state index is 11.6. The van der Waals surface area contributed by atoms with Crippen LogP contribution in [0.3, 0.4) is 0 Å². The van der Waals surface area contributed by atoms with Crippen molar-refractivity contribution in [1.82, 2.24) is 15.5 Å². The van der Waals surface area contributed by atoms with E-state index in [4.69, 9.17) is 0 Å². The molecule has 2 aromatic rings. The molecule has 0 fully saturated rings. The van der Waals surface area contributed by atoms with Gasteiger partial charge in [-0.1, -0.05) is 48.6 Å². The molecule has 2 amide bonds. The second-order valence-electron chi connectivity index (χ2n) is 3.97. The van der Waals surface area contributed by atoms with Crippen LogP contribution in [0.5, 0.6) is 0 Å². The number of carbonyl (C=O) groups excluding carboxylic acids is 1. The zero-order valence-electron chi connectivity index (χ0n) is 10.7. The second kappa shape index (κ2) is 6.84. The molecule has 0 radical (unpaired) electrons. The van der Waals surface area contributed by atoms with Gasteiger partial charge in [-0.25, -0.2) is 4.79 Å². The van der Waals surface area contributed by atoms with E-state index in [0.717, 1.165) is 17.8 Å². The van der Waals surface area contributed by atoms with Crippen molar-refractivity contribution in [2.45, 2.75) is 19.8 Å². The summed E-state index contributed by atoms with van der Waals surface area (Å²) in [6.45, 7) is 2.60. The minimum absolute atomic E-state index is 0.241. The summed E-state index contributed by atoms with van der Waals surface area (Å²) >= 11 is 1.40. The smallest absolute Gasteiger partial charge is 0.321 e. The Hall–Kier alpha value is -1.95. The first kappa shape index (κ1) is 13.5. The van der Waals surface area contributed by atoms with Gasteiger partial charge in [0, 0.05) is 6.54 Å². The highest BCUT2D eigenvalue weighted by Gasteiger charge is 2.06. The molecule has 1 heterocycles. The summed E-state index contributed by atoms with van der Waals surface area (Å²) in [7, 11) is 0. The highest BCUT2D eigenvalue weighted by molar-refractivity contribution is 7.15. The quantitative estimate of drug-likeness (QED) is 0.881. The largest absolute Gasteiger partial charge is 0.337 e. The van der Waals surface area contributed by atoms with Gasteiger partial charge in [-0.3, -0.25) is 5.32 Å². The zero-order valence-corrected chi connectivity index (χ0v) is 11.5. The van der Waals surface area contributed by atoms with Crippen molar-refractivity contribution in [2.75, 3.05) is 11.9 Å². The first-order valence-corrected chi connectivity index (χ1v) is 7.00. The molecule has 0 bridgehead atoms. The van der Waals surface area contributed by atoms with Crippen molar-refractivity contribution < 1.29 is 4.79 Å². The van der Waals surface area contributed by atoms with Crippen molar-refractivity contribution in [2.24, 2.45) is 0 Å². The van der Waals surface area contributed by atoms with Gasteiger partial charge in [0.25, 0.3) is 0 Å². The number of benzene rings is 1. The van der Waals surface area contributed by atoms with E-state index in [1.54, 1.807) is 0 Å². The number of urea groups is 1. The molecule has 0 aliphatic rings. The summed E-state index contributed by atoms with van der Waals surface area (Å²) < 4.78 is 0. The van der Waals surface area contributed by atoms with Gasteiger partial charge >= 0.3 is 6.03 Å². The fourth-order valence-electron chi connectivity index (χ4n) is 1.55. The van der Waals surface area contributed by atoms with Crippen molar-refractivity contribution >= 4 is 22.5 Å². The van der Waals surface area contributed by atoms with Crippen LogP contribution in [0.4, 0.5) is 9.93 Å². The number of amides is 2. The Morgan fingerprint density at radius 2 is 2.05 bits per heavy atom. The highest BCUT2D eigenvalue weighted by atomic mass is 32.1. The fraction of sp³-hybridized carbons (Fsp3) is 0.308. The van der Waals surface area contributed by atoms with E-state index in [1.165, 1.54) is 16.9 Å². The Labute approximate surface area is 116 Å². The number of nitrogens with zero attached hydrogens (tertiary/aromatic N) is 2. The second-order valence-corrected chi connectivity index (χ2v) is 5.03. The topological polar surface area (TPSA) is 66.9 Å². The van der Waals surface area contributed by atoms with E-state index >= 15 is 0 Å². The van der Waals surface area contributed by atoms with Crippen molar-refractivity contribution in [1.29, 1.82) is 0 Å². The molecule has 6 heteroatoms. The minimum atomic E-state index is -0.241. The summed E-state index contributed by atoms with van der Waals surface area (Å²) in [5.74, 6) is 0. The number of aryl methyl sites for hydroxylation is 1. The third-order valence-electron chi connectivity index (χ3n) is 2.53. The summed E-state index contributed by atoms with van der Waals surface area (Å²) in [6, 6.07) is 9.79. The van der Waals surface area contributed by atoms with Gasteiger partial charge in [0.15, 0.2) is 0 Å². The van der Waals surface area contributed by atoms with Gasteiger partial charge in [-0.2, -0.15) is 0 Å². The first-order chi connectivity index (χ1) is 9.28. The lowest BCUT2D eigenvalue weighted by Crippen LogP contribution is -2.30. The lowest BCUT2D eigenvalue weighted by Gasteiger charge is -2.04. The SMILES string of the molecule is CCc1nnc(NC(=O)NCCc2ccccc2)s1. The third-order valence-corrected chi connectivity index (χ3v) is 3.51. The van der Waals surface area contributed by atoms with E-state index in [9.17, 15) is 4.79 Å². The highest BCUT2D eigenvalue weighted by Crippen LogP contribution is 2.14. The molecule has 19 heavy (non-hydrogen) atoms. The van der Waals surface area contributed by atoms with E-state index in [-0.39, 0.29) is 6.03 Å². The first-order valence-electron chi connectivity index (χ1n) is 6.19. The molecule has 5 nitrogen and oxygen atoms in total. The monoisotopic (exact) mass is 276 g/mol. The van der Waals surface area contributed by atoms with Gasteiger partial charge < -0.3 is 5.32 Å². The molecule has 2 N–H and O–H groups in total. The van der Waals surface area contributed by atoms with Crippen LogP contribution in [0, 0.1) is 0 Å². The van der Waals surface area contributed by atoms with Crippen molar-refractivity contribution in [3.05, 3.63) is 40.9 Å². The van der Waals surface area contributed by atoms with Gasteiger partial charge in [-0.15, -0.1) is 10.2 Å². The van der Waals surface area contributed by atoms with Crippen LogP contribution in [0.15, 0.2) is 30.3 Å². The number of carbonyl (C=O) groups is 1. The maximum atomic E-state index is 11.6. The van der Waals surface area contributed by atoms with Crippen molar-refractivity contribution in [3.8, 4) is 0 Å². The molecule has 0 unspecified atom stereocenters. The Morgan fingerprint density at radius 3 is 2.74 bits per heavy atom. The summed E-state index contributed by atoms with van der Waals surface area (Å²) in [6.07, 6.45) is 1.64. The molecule has 100 valence electrons. The summed E-state index contributed by atoms with van der Waals surface area (Å²) in [5, 5.41) is 14.8. The number of aromatic nitrogens is 2. The average Bonchev–Trinajstić information content (AvgIpc) is 2.87. The predicted octanol–water partition coefficient (Wildman–Crippen LogP) is 2.46. The minimum Gasteiger partial charge on any atom is -0.337 e. The van der Waals surface area contributed by atoms with Crippen LogP contribution in [0.2, 0.25) is 0 Å². The lowest BCUT2D eigenvalue weighted by molar-refractivity contribution is 0.252. The summed E-state index contributed by atoms with van der Waals surface area (Å²) in [5.41, 5.74) is 1.20. The van der Waals surface area contributed by atoms with Crippen LogP contribution < -0.4 is 10.6 Å². The number of hydrogen-bond donors (Lipinski definition) is 2. The van der Waals surface area contributed by atoms with Crippen LogP contribution in [-0.2, 0) is 12.8 Å². The molecule has 0 saturated heterocycles. The molecule has 0 aliphatic carbocycles. The number of hydrogen-bond acceptors (Lipinski definition) is 4. The normalized spacial score (nSPS) is 10.2. The van der Waals surface area contributed by atoms with E-state index in [2.05, 4.69) is 20.8 Å². The Morgan fingerprint density at radius 1 is 1.26 bits per heavy atom. The molecule has 0 spiro atoms. The predicted molar refractivity (Wildman–Crippen MR) is 76.5 cm³/mol. The fourth-order valence-corrected chi connectivity index (χ4v) is 2.23. The van der Waals surface area contributed by atoms with Crippen LogP contribution in [-0.4, -0.2) is 22.8 Å². The third kappa shape index (κ3) is 4.33. The van der Waals surface area contributed by atoms with Gasteiger partial charge in [0.05, 0.1) is 0 Å². The van der Waals surface area contributed by atoms with Crippen molar-refractivity contribution in [3.63, 3.8) is 0 Å². The molecule has 0 saturated carbocycles. The Balaban J connectivity index is 1.73. The molecule has 0 aliphatic heterocycles. The molecular weight excluding hydrogens is 260 g/mol. The van der Waals surface area contributed by atoms with Gasteiger partial charge in [-0.05, 0) is 18.4 Å². The molecular formula is C13H16N4OS. The summed E-state index contributed by atoms with van der Waals surface area (Å²) in [4.78, 5) is 11.6. The average molecular weight is 276 g/mol. The number of rotatable bonds is 5. The molecule has 1 aromatic carbocycles. The number of anilines is 1. The Bertz CT molecular complexity index is 526. The number of nitrogens with one attached hydrogen (secondary N) is 2. The van der Waals surface area contributed by atoms with Gasteiger partial charge in [0.1, 0.15) is 5.01 Å². The molecule has 1 aromatic heterocycles. The van der Waals surface area contributed by atoms with Crippen LogP contribution >= 0.6 is 11.3 Å². The van der Waals surface area contributed by atoms with Gasteiger partial charge in [0.2, 0.25) is 5.13 Å². The molecule has 0 atom stereocenters. The van der Waals surface area contributed by atoms with E-state index < -0.39 is 0 Å². The van der Waals surface area contributed by atoms with Crippen LogP contribution in [0.1, 0.15) is 17.5 Å². The Kier molecular flexibility index (Phi) is 4.85. The zero-order chi connectivity index (χ0) is 13.5. The maximum Gasteiger partial charge on any atom is 0.321 e. The van der Waals surface area contributed by atoms with E-state index in [0.29, 0.717) is 11.7 Å². The lowest BCUT2D eigenvalue weighted by atomic mass is 10.1. The standard InChI is InChI=1S/C13H16N4OS/c1-2-11-16-17-13(19-11)15-12(18)14-9-8-10-6-4-3-5-7-10/h3-7H,2,8-9H2,1H3,(H2,14,15,17,18). The van der Waals surface area contributed by atoms with Crippen LogP contribution in [0.25, 0.3) is 0 Å².